The normalized spacial score (nSPS) is 19.9. The number of hydrogen-bond acceptors (Lipinski definition) is 7. The molecule has 0 spiro atoms. The first-order valence-corrected chi connectivity index (χ1v) is 10.4. The quantitative estimate of drug-likeness (QED) is 0.657. The summed E-state index contributed by atoms with van der Waals surface area (Å²) in [6.45, 7) is 5.12. The van der Waals surface area contributed by atoms with Crippen molar-refractivity contribution in [1.29, 1.82) is 5.26 Å². The minimum atomic E-state index is -0.576. The zero-order valence-electron chi connectivity index (χ0n) is 19.0. The average molecular weight is 436 g/mol. The van der Waals surface area contributed by atoms with E-state index in [4.69, 9.17) is 26.4 Å². The van der Waals surface area contributed by atoms with E-state index in [0.717, 1.165) is 11.3 Å². The van der Waals surface area contributed by atoms with E-state index in [2.05, 4.69) is 25.8 Å². The number of nitrogens with zero attached hydrogens (tertiary/aromatic N) is 2. The van der Waals surface area contributed by atoms with Crippen LogP contribution < -0.4 is 15.2 Å². The standard InChI is InChI=1S/C25H29N3O4/c1-6-10-32-20-8-7-16(12-21(20)31-5)22-17(15-26)24(27)28(9-11-30-4)18-13-25(2,3)14-19(29)23(18)22/h1,7-8,12,22H,9-11,13-14,27H2,2-5H3/t22-/m0/s1. The van der Waals surface area contributed by atoms with Crippen molar-refractivity contribution in [2.45, 2.75) is 32.6 Å². The van der Waals surface area contributed by atoms with E-state index in [1.807, 2.05) is 11.0 Å². The van der Waals surface area contributed by atoms with Crippen molar-refractivity contribution in [2.75, 3.05) is 34.0 Å². The Hall–Kier alpha value is -3.42. The third kappa shape index (κ3) is 4.30. The van der Waals surface area contributed by atoms with Gasteiger partial charge in [-0.05, 0) is 29.5 Å². The van der Waals surface area contributed by atoms with Crippen molar-refractivity contribution in [3.63, 3.8) is 0 Å². The summed E-state index contributed by atoms with van der Waals surface area (Å²) in [5.41, 5.74) is 8.86. The lowest BCUT2D eigenvalue weighted by Crippen LogP contribution is -2.43. The lowest BCUT2D eigenvalue weighted by Gasteiger charge is -2.43. The molecular weight excluding hydrogens is 406 g/mol. The highest BCUT2D eigenvalue weighted by molar-refractivity contribution is 6.00. The Bertz CT molecular complexity index is 1060. The molecule has 1 heterocycles. The van der Waals surface area contributed by atoms with Gasteiger partial charge in [0.1, 0.15) is 12.4 Å². The van der Waals surface area contributed by atoms with Gasteiger partial charge in [-0.2, -0.15) is 5.26 Å². The van der Waals surface area contributed by atoms with Crippen molar-refractivity contribution in [3.8, 4) is 29.9 Å². The van der Waals surface area contributed by atoms with Crippen LogP contribution in [0.2, 0.25) is 0 Å². The Labute approximate surface area is 189 Å². The third-order valence-corrected chi connectivity index (χ3v) is 5.84. The van der Waals surface area contributed by atoms with Crippen molar-refractivity contribution < 1.29 is 19.0 Å². The number of methoxy groups -OCH3 is 2. The number of ether oxygens (including phenoxy) is 3. The predicted octanol–water partition coefficient (Wildman–Crippen LogP) is 3.09. The van der Waals surface area contributed by atoms with Gasteiger partial charge in [0.2, 0.25) is 0 Å². The van der Waals surface area contributed by atoms with E-state index in [-0.39, 0.29) is 17.8 Å². The van der Waals surface area contributed by atoms with Gasteiger partial charge in [0.15, 0.2) is 17.3 Å². The number of hydrogen-bond donors (Lipinski definition) is 1. The highest BCUT2D eigenvalue weighted by Crippen LogP contribution is 2.49. The molecule has 0 aromatic heterocycles. The van der Waals surface area contributed by atoms with Crippen LogP contribution >= 0.6 is 0 Å². The van der Waals surface area contributed by atoms with Crippen LogP contribution in [0.25, 0.3) is 0 Å². The second-order valence-corrected chi connectivity index (χ2v) is 8.69. The Kier molecular flexibility index (Phi) is 6.81. The Morgan fingerprint density at radius 2 is 2.03 bits per heavy atom. The highest BCUT2D eigenvalue weighted by Gasteiger charge is 2.44. The molecule has 1 aromatic rings. The van der Waals surface area contributed by atoms with Gasteiger partial charge in [-0.25, -0.2) is 0 Å². The number of rotatable bonds is 7. The largest absolute Gasteiger partial charge is 0.493 e. The molecule has 7 nitrogen and oxygen atoms in total. The summed E-state index contributed by atoms with van der Waals surface area (Å²) in [7, 11) is 3.14. The maximum Gasteiger partial charge on any atom is 0.162 e. The molecule has 32 heavy (non-hydrogen) atoms. The number of nitriles is 1. The van der Waals surface area contributed by atoms with Crippen molar-refractivity contribution in [1.82, 2.24) is 4.90 Å². The van der Waals surface area contributed by atoms with Crippen LogP contribution in [0.15, 0.2) is 40.9 Å². The van der Waals surface area contributed by atoms with Gasteiger partial charge in [-0.15, -0.1) is 6.42 Å². The van der Waals surface area contributed by atoms with Crippen LogP contribution in [-0.2, 0) is 9.53 Å². The fourth-order valence-corrected chi connectivity index (χ4v) is 4.45. The summed E-state index contributed by atoms with van der Waals surface area (Å²) in [4.78, 5) is 15.3. The number of carbonyl (C=O) groups is 1. The maximum absolute atomic E-state index is 13.4. The van der Waals surface area contributed by atoms with E-state index in [1.54, 1.807) is 19.2 Å². The summed E-state index contributed by atoms with van der Waals surface area (Å²) < 4.78 is 16.3. The molecule has 0 saturated heterocycles. The molecule has 3 rings (SSSR count). The molecule has 0 unspecified atom stereocenters. The third-order valence-electron chi connectivity index (χ3n) is 5.84. The first-order valence-electron chi connectivity index (χ1n) is 10.4. The predicted molar refractivity (Wildman–Crippen MR) is 121 cm³/mol. The molecule has 1 aliphatic heterocycles. The summed E-state index contributed by atoms with van der Waals surface area (Å²) in [5.74, 6) is 3.19. The van der Waals surface area contributed by atoms with Gasteiger partial charge in [0.25, 0.3) is 0 Å². The van der Waals surface area contributed by atoms with Crippen molar-refractivity contribution in [2.24, 2.45) is 11.1 Å². The number of Topliss-reactive ketones (excluding diaryl/α,β-unsaturated/α-hetero) is 1. The number of benzene rings is 1. The molecule has 1 aromatic carbocycles. The average Bonchev–Trinajstić information content (AvgIpc) is 2.75. The van der Waals surface area contributed by atoms with E-state index >= 15 is 0 Å². The summed E-state index contributed by atoms with van der Waals surface area (Å²) in [6, 6.07) is 7.60. The zero-order valence-corrected chi connectivity index (χ0v) is 19.0. The lowest BCUT2D eigenvalue weighted by atomic mass is 9.68. The number of allylic oxidation sites excluding steroid dienone is 3. The lowest BCUT2D eigenvalue weighted by molar-refractivity contribution is -0.118. The second-order valence-electron chi connectivity index (χ2n) is 8.69. The Balaban J connectivity index is 2.19. The van der Waals surface area contributed by atoms with Crippen LogP contribution in [0.5, 0.6) is 11.5 Å². The molecule has 168 valence electrons. The first-order chi connectivity index (χ1) is 15.3. The SMILES string of the molecule is C#CCOc1ccc([C@H]2C(C#N)=C(N)N(CCOC)C3=C2C(=O)CC(C)(C)C3)cc1OC. The van der Waals surface area contributed by atoms with E-state index in [9.17, 15) is 10.1 Å². The van der Waals surface area contributed by atoms with Crippen LogP contribution in [0.3, 0.4) is 0 Å². The van der Waals surface area contributed by atoms with Gasteiger partial charge in [-0.3, -0.25) is 4.79 Å². The van der Waals surface area contributed by atoms with Gasteiger partial charge in [-0.1, -0.05) is 25.8 Å². The van der Waals surface area contributed by atoms with Crippen molar-refractivity contribution in [3.05, 3.63) is 46.4 Å². The molecule has 1 aliphatic carbocycles. The number of carbonyl (C=O) groups excluding carboxylic acids is 1. The molecule has 2 aliphatic rings. The molecule has 0 radical (unpaired) electrons. The van der Waals surface area contributed by atoms with E-state index in [1.165, 1.54) is 7.11 Å². The molecular formula is C25H29N3O4. The van der Waals surface area contributed by atoms with E-state index < -0.39 is 5.92 Å². The summed E-state index contributed by atoms with van der Waals surface area (Å²) in [6.07, 6.45) is 6.37. The van der Waals surface area contributed by atoms with E-state index in [0.29, 0.717) is 54.5 Å². The molecule has 2 N–H and O–H groups in total. The number of nitrogens with two attached hydrogens (primary N) is 1. The maximum atomic E-state index is 13.4. The second kappa shape index (κ2) is 9.38. The van der Waals surface area contributed by atoms with Crippen LogP contribution in [-0.4, -0.2) is 44.7 Å². The highest BCUT2D eigenvalue weighted by atomic mass is 16.5. The first kappa shape index (κ1) is 23.2. The molecule has 0 bridgehead atoms. The molecule has 7 heteroatoms. The minimum absolute atomic E-state index is 0.0236. The van der Waals surface area contributed by atoms with Crippen LogP contribution in [0.4, 0.5) is 0 Å². The van der Waals surface area contributed by atoms with Gasteiger partial charge in [0.05, 0.1) is 31.3 Å². The van der Waals surface area contributed by atoms with Crippen LogP contribution in [0.1, 0.15) is 38.2 Å². The van der Waals surface area contributed by atoms with Gasteiger partial charge in [0, 0.05) is 31.3 Å². The molecule has 0 saturated carbocycles. The van der Waals surface area contributed by atoms with Gasteiger partial charge >= 0.3 is 0 Å². The summed E-state index contributed by atoms with van der Waals surface area (Å²) in [5, 5.41) is 10.1. The van der Waals surface area contributed by atoms with Crippen LogP contribution in [0, 0.1) is 29.1 Å². The van der Waals surface area contributed by atoms with Crippen molar-refractivity contribution >= 4 is 5.78 Å². The number of terminal acetylenes is 1. The fraction of sp³-hybridized carbons (Fsp3) is 0.440. The smallest absolute Gasteiger partial charge is 0.162 e. The van der Waals surface area contributed by atoms with Gasteiger partial charge < -0.3 is 24.8 Å². The summed E-state index contributed by atoms with van der Waals surface area (Å²) >= 11 is 0. The Morgan fingerprint density at radius 3 is 2.66 bits per heavy atom. The monoisotopic (exact) mass is 435 g/mol. The molecule has 1 atom stereocenters. The topological polar surface area (TPSA) is 97.8 Å². The number of ketones is 1. The minimum Gasteiger partial charge on any atom is -0.493 e. The molecule has 0 amide bonds. The molecule has 0 fully saturated rings. The fourth-order valence-electron chi connectivity index (χ4n) is 4.45. The zero-order chi connectivity index (χ0) is 23.5. The Morgan fingerprint density at radius 1 is 1.28 bits per heavy atom.